The Bertz CT molecular complexity index is 297. The summed E-state index contributed by atoms with van der Waals surface area (Å²) in [5, 5.41) is 18.7. The maximum Gasteiger partial charge on any atom is 0.162 e. The summed E-state index contributed by atoms with van der Waals surface area (Å²) in [7, 11) is 0. The SMILES string of the molecule is CC(C)[C@H](N)c1cccc(O)c1O. The molecule has 0 unspecified atom stereocenters. The summed E-state index contributed by atoms with van der Waals surface area (Å²) in [6, 6.07) is 4.59. The molecule has 0 aliphatic carbocycles. The highest BCUT2D eigenvalue weighted by Crippen LogP contribution is 2.33. The zero-order valence-corrected chi connectivity index (χ0v) is 7.86. The second-order valence-corrected chi connectivity index (χ2v) is 3.48. The summed E-state index contributed by atoms with van der Waals surface area (Å²) in [6.45, 7) is 3.93. The number of phenols is 2. The molecule has 0 heterocycles. The average Bonchev–Trinajstić information content (AvgIpc) is 2.08. The highest BCUT2D eigenvalue weighted by molar-refractivity contribution is 5.45. The van der Waals surface area contributed by atoms with E-state index in [0.29, 0.717) is 5.56 Å². The van der Waals surface area contributed by atoms with Gasteiger partial charge in [-0.15, -0.1) is 0 Å². The van der Waals surface area contributed by atoms with Crippen molar-refractivity contribution in [3.63, 3.8) is 0 Å². The van der Waals surface area contributed by atoms with E-state index >= 15 is 0 Å². The van der Waals surface area contributed by atoms with Gasteiger partial charge in [-0.05, 0) is 12.0 Å². The number of hydrogen-bond acceptors (Lipinski definition) is 3. The molecule has 0 bridgehead atoms. The van der Waals surface area contributed by atoms with Crippen LogP contribution < -0.4 is 5.73 Å². The third kappa shape index (κ3) is 1.92. The fraction of sp³-hybridized carbons (Fsp3) is 0.400. The van der Waals surface area contributed by atoms with E-state index in [1.165, 1.54) is 6.07 Å². The van der Waals surface area contributed by atoms with Gasteiger partial charge in [0.2, 0.25) is 0 Å². The standard InChI is InChI=1S/C10H15NO2/c1-6(2)9(11)7-4-3-5-8(12)10(7)13/h3-6,9,12-13H,11H2,1-2H3/t9-/m0/s1. The summed E-state index contributed by atoms with van der Waals surface area (Å²) in [5.74, 6) is 0.00463. The van der Waals surface area contributed by atoms with Crippen molar-refractivity contribution in [1.82, 2.24) is 0 Å². The molecule has 0 saturated carbocycles. The third-order valence-electron chi connectivity index (χ3n) is 2.12. The molecule has 3 nitrogen and oxygen atoms in total. The van der Waals surface area contributed by atoms with E-state index in [9.17, 15) is 10.2 Å². The molecule has 0 spiro atoms. The molecule has 0 fully saturated rings. The number of nitrogens with two attached hydrogens (primary N) is 1. The van der Waals surface area contributed by atoms with Crippen LogP contribution in [-0.4, -0.2) is 10.2 Å². The Labute approximate surface area is 77.8 Å². The first-order valence-corrected chi connectivity index (χ1v) is 4.30. The molecule has 0 amide bonds. The van der Waals surface area contributed by atoms with E-state index in [-0.39, 0.29) is 23.5 Å². The number of aromatic hydroxyl groups is 2. The lowest BCUT2D eigenvalue weighted by Crippen LogP contribution is -2.16. The van der Waals surface area contributed by atoms with Gasteiger partial charge in [0.1, 0.15) is 0 Å². The molecule has 0 aromatic heterocycles. The molecule has 0 saturated heterocycles. The number of hydrogen-bond donors (Lipinski definition) is 3. The Kier molecular flexibility index (Phi) is 2.78. The number of para-hydroxylation sites is 1. The Morgan fingerprint density at radius 2 is 1.85 bits per heavy atom. The van der Waals surface area contributed by atoms with Crippen molar-refractivity contribution in [2.75, 3.05) is 0 Å². The smallest absolute Gasteiger partial charge is 0.162 e. The van der Waals surface area contributed by atoms with Crippen LogP contribution in [0.5, 0.6) is 11.5 Å². The van der Waals surface area contributed by atoms with Gasteiger partial charge in [0.15, 0.2) is 11.5 Å². The Balaban J connectivity index is 3.07. The monoisotopic (exact) mass is 181 g/mol. The maximum atomic E-state index is 9.49. The van der Waals surface area contributed by atoms with E-state index in [1.807, 2.05) is 13.8 Å². The molecule has 0 aliphatic rings. The van der Waals surface area contributed by atoms with Crippen molar-refractivity contribution in [2.45, 2.75) is 19.9 Å². The van der Waals surface area contributed by atoms with Crippen molar-refractivity contribution < 1.29 is 10.2 Å². The molecule has 1 aromatic rings. The molecule has 1 atom stereocenters. The van der Waals surface area contributed by atoms with Gasteiger partial charge in [-0.25, -0.2) is 0 Å². The highest BCUT2D eigenvalue weighted by Gasteiger charge is 2.15. The van der Waals surface area contributed by atoms with Crippen molar-refractivity contribution >= 4 is 0 Å². The van der Waals surface area contributed by atoms with Crippen LogP contribution in [0.1, 0.15) is 25.5 Å². The van der Waals surface area contributed by atoms with E-state index in [0.717, 1.165) is 0 Å². The fourth-order valence-electron chi connectivity index (χ4n) is 1.18. The van der Waals surface area contributed by atoms with Crippen LogP contribution in [0.3, 0.4) is 0 Å². The fourth-order valence-corrected chi connectivity index (χ4v) is 1.18. The first-order valence-electron chi connectivity index (χ1n) is 4.30. The Hall–Kier alpha value is -1.22. The van der Waals surface area contributed by atoms with Gasteiger partial charge in [0.05, 0.1) is 0 Å². The minimum absolute atomic E-state index is 0.108. The number of phenolic OH excluding ortho intramolecular Hbond substituents is 2. The Morgan fingerprint density at radius 3 is 2.38 bits per heavy atom. The predicted molar refractivity (Wildman–Crippen MR) is 51.5 cm³/mol. The molecule has 1 aromatic carbocycles. The summed E-state index contributed by atoms with van der Waals surface area (Å²) in [5.41, 5.74) is 6.43. The molecule has 13 heavy (non-hydrogen) atoms. The minimum atomic E-state index is -0.243. The number of benzene rings is 1. The lowest BCUT2D eigenvalue weighted by Gasteiger charge is -2.17. The predicted octanol–water partition coefficient (Wildman–Crippen LogP) is 1.75. The van der Waals surface area contributed by atoms with Crippen LogP contribution in [0.25, 0.3) is 0 Å². The van der Waals surface area contributed by atoms with Crippen LogP contribution in [0, 0.1) is 5.92 Å². The van der Waals surface area contributed by atoms with Gasteiger partial charge in [0.25, 0.3) is 0 Å². The maximum absolute atomic E-state index is 9.49. The zero-order chi connectivity index (χ0) is 10.0. The molecule has 3 heteroatoms. The first-order chi connectivity index (χ1) is 6.04. The van der Waals surface area contributed by atoms with E-state index in [4.69, 9.17) is 5.73 Å². The van der Waals surface area contributed by atoms with Crippen molar-refractivity contribution in [3.8, 4) is 11.5 Å². The van der Waals surface area contributed by atoms with Crippen molar-refractivity contribution in [2.24, 2.45) is 11.7 Å². The van der Waals surface area contributed by atoms with E-state index in [1.54, 1.807) is 12.1 Å². The molecule has 1 rings (SSSR count). The second kappa shape index (κ2) is 3.66. The van der Waals surface area contributed by atoms with E-state index < -0.39 is 0 Å². The molecule has 72 valence electrons. The summed E-state index contributed by atoms with van der Waals surface area (Å²) in [4.78, 5) is 0. The molecule has 0 radical (unpaired) electrons. The van der Waals surface area contributed by atoms with Crippen LogP contribution in [0.15, 0.2) is 18.2 Å². The largest absolute Gasteiger partial charge is 0.504 e. The first kappa shape index (κ1) is 9.86. The van der Waals surface area contributed by atoms with Crippen molar-refractivity contribution in [3.05, 3.63) is 23.8 Å². The molecule has 0 aliphatic heterocycles. The summed E-state index contributed by atoms with van der Waals surface area (Å²) >= 11 is 0. The quantitative estimate of drug-likeness (QED) is 0.609. The molecular formula is C10H15NO2. The normalized spacial score (nSPS) is 13.2. The van der Waals surface area contributed by atoms with Crippen LogP contribution in [0.4, 0.5) is 0 Å². The van der Waals surface area contributed by atoms with Gasteiger partial charge in [-0.3, -0.25) is 0 Å². The van der Waals surface area contributed by atoms with Gasteiger partial charge in [-0.2, -0.15) is 0 Å². The number of rotatable bonds is 2. The topological polar surface area (TPSA) is 66.5 Å². The van der Waals surface area contributed by atoms with Crippen LogP contribution in [0.2, 0.25) is 0 Å². The van der Waals surface area contributed by atoms with E-state index in [2.05, 4.69) is 0 Å². The summed E-state index contributed by atoms with van der Waals surface area (Å²) < 4.78 is 0. The minimum Gasteiger partial charge on any atom is -0.504 e. The molecule has 4 N–H and O–H groups in total. The lowest BCUT2D eigenvalue weighted by molar-refractivity contribution is 0.388. The zero-order valence-electron chi connectivity index (χ0n) is 7.86. The third-order valence-corrected chi connectivity index (χ3v) is 2.12. The Morgan fingerprint density at radius 1 is 1.23 bits per heavy atom. The van der Waals surface area contributed by atoms with Gasteiger partial charge < -0.3 is 15.9 Å². The lowest BCUT2D eigenvalue weighted by atomic mass is 9.96. The van der Waals surface area contributed by atoms with Gasteiger partial charge >= 0.3 is 0 Å². The van der Waals surface area contributed by atoms with Crippen LogP contribution in [-0.2, 0) is 0 Å². The highest BCUT2D eigenvalue weighted by atomic mass is 16.3. The summed E-state index contributed by atoms with van der Waals surface area (Å²) in [6.07, 6.45) is 0. The van der Waals surface area contributed by atoms with Gasteiger partial charge in [0, 0.05) is 11.6 Å². The molecular weight excluding hydrogens is 166 g/mol. The second-order valence-electron chi connectivity index (χ2n) is 3.48. The van der Waals surface area contributed by atoms with Crippen LogP contribution >= 0.6 is 0 Å². The average molecular weight is 181 g/mol. The van der Waals surface area contributed by atoms with Gasteiger partial charge in [-0.1, -0.05) is 26.0 Å². The van der Waals surface area contributed by atoms with Crippen molar-refractivity contribution in [1.29, 1.82) is 0 Å².